The number of pyridine rings is 1. The lowest BCUT2D eigenvalue weighted by Crippen LogP contribution is -2.53. The molecule has 1 aliphatic carbocycles. The van der Waals surface area contributed by atoms with Gasteiger partial charge in [0.1, 0.15) is 5.75 Å². The van der Waals surface area contributed by atoms with Crippen molar-refractivity contribution in [3.05, 3.63) is 59.4 Å². The van der Waals surface area contributed by atoms with Crippen LogP contribution in [0, 0.1) is 0 Å². The van der Waals surface area contributed by atoms with E-state index in [4.69, 9.17) is 0 Å². The third-order valence-corrected chi connectivity index (χ3v) is 5.43. The Morgan fingerprint density at radius 1 is 1.04 bits per heavy atom. The highest BCUT2D eigenvalue weighted by molar-refractivity contribution is 5.94. The molecule has 1 saturated heterocycles. The second-order valence-corrected chi connectivity index (χ2v) is 6.86. The third kappa shape index (κ3) is 3.24. The maximum atomic E-state index is 12.6. The van der Waals surface area contributed by atoms with E-state index >= 15 is 0 Å². The van der Waals surface area contributed by atoms with E-state index in [1.165, 1.54) is 23.6 Å². The van der Waals surface area contributed by atoms with Gasteiger partial charge in [-0.05, 0) is 42.5 Å². The van der Waals surface area contributed by atoms with E-state index in [-0.39, 0.29) is 17.4 Å². The molecule has 1 atom stereocenters. The van der Waals surface area contributed by atoms with Crippen LogP contribution in [-0.4, -0.2) is 58.0 Å². The number of carbonyl (C=O) groups excluding carboxylic acids is 1. The van der Waals surface area contributed by atoms with Gasteiger partial charge in [-0.2, -0.15) is 0 Å². The monoisotopic (exact) mass is 337 g/mol. The fourth-order valence-electron chi connectivity index (χ4n) is 3.99. The molecule has 5 heteroatoms. The summed E-state index contributed by atoms with van der Waals surface area (Å²) in [5.74, 6) is -0.217. The van der Waals surface area contributed by atoms with Gasteiger partial charge >= 0.3 is 0 Å². The van der Waals surface area contributed by atoms with E-state index in [1.54, 1.807) is 17.2 Å². The number of aryl methyl sites for hydroxylation is 1. The molecule has 0 spiro atoms. The second-order valence-electron chi connectivity index (χ2n) is 6.86. The number of carbonyl (C=O) groups is 1. The summed E-state index contributed by atoms with van der Waals surface area (Å²) in [4.78, 5) is 20.9. The minimum Gasteiger partial charge on any atom is -0.505 e. The first-order valence-electron chi connectivity index (χ1n) is 8.96. The molecule has 1 N–H and O–H groups in total. The lowest BCUT2D eigenvalue weighted by atomic mass is 9.87. The van der Waals surface area contributed by atoms with Crippen LogP contribution in [0.5, 0.6) is 5.75 Å². The van der Waals surface area contributed by atoms with E-state index in [9.17, 15) is 9.90 Å². The standard InChI is InChI=1S/C20H23N3O2/c24-18-6-3-9-21-19(18)20(25)23-12-10-22(11-13-23)17-8-7-15-4-1-2-5-16(15)14-17/h1-6,9,17,24H,7-8,10-14H2. The average molecular weight is 337 g/mol. The van der Waals surface area contributed by atoms with Gasteiger partial charge in [0.2, 0.25) is 0 Å². The number of rotatable bonds is 2. The number of piperazine rings is 1. The number of nitrogens with zero attached hydrogens (tertiary/aromatic N) is 3. The molecule has 1 aromatic heterocycles. The van der Waals surface area contributed by atoms with Crippen molar-refractivity contribution < 1.29 is 9.90 Å². The van der Waals surface area contributed by atoms with Crippen LogP contribution >= 0.6 is 0 Å². The topological polar surface area (TPSA) is 56.7 Å². The highest BCUT2D eigenvalue weighted by Gasteiger charge is 2.29. The second kappa shape index (κ2) is 6.84. The SMILES string of the molecule is O=C(c1ncccc1O)N1CCN(C2CCc3ccccc3C2)CC1. The van der Waals surface area contributed by atoms with Crippen LogP contribution in [0.25, 0.3) is 0 Å². The Hall–Kier alpha value is -2.40. The minimum atomic E-state index is -0.174. The highest BCUT2D eigenvalue weighted by Crippen LogP contribution is 2.25. The fourth-order valence-corrected chi connectivity index (χ4v) is 3.99. The van der Waals surface area contributed by atoms with Gasteiger partial charge < -0.3 is 10.0 Å². The fraction of sp³-hybridized carbons (Fsp3) is 0.400. The molecular formula is C20H23N3O2. The summed E-state index contributed by atoms with van der Waals surface area (Å²) in [6.07, 6.45) is 4.97. The van der Waals surface area contributed by atoms with Crippen molar-refractivity contribution in [3.8, 4) is 5.75 Å². The van der Waals surface area contributed by atoms with E-state index < -0.39 is 0 Å². The number of amides is 1. The quantitative estimate of drug-likeness (QED) is 0.912. The molecule has 2 heterocycles. The predicted octanol–water partition coefficient (Wildman–Crippen LogP) is 2.10. The summed E-state index contributed by atoms with van der Waals surface area (Å²) < 4.78 is 0. The molecule has 0 bridgehead atoms. The Labute approximate surface area is 147 Å². The van der Waals surface area contributed by atoms with E-state index in [1.807, 2.05) is 0 Å². The molecule has 1 unspecified atom stereocenters. The summed E-state index contributed by atoms with van der Waals surface area (Å²) in [6, 6.07) is 12.4. The van der Waals surface area contributed by atoms with Crippen LogP contribution in [-0.2, 0) is 12.8 Å². The number of benzene rings is 1. The van der Waals surface area contributed by atoms with Gasteiger partial charge in [-0.1, -0.05) is 24.3 Å². The predicted molar refractivity (Wildman–Crippen MR) is 95.6 cm³/mol. The molecule has 0 radical (unpaired) electrons. The molecule has 130 valence electrons. The van der Waals surface area contributed by atoms with Gasteiger partial charge in [0.15, 0.2) is 5.69 Å². The summed E-state index contributed by atoms with van der Waals surface area (Å²) in [5, 5.41) is 9.84. The Kier molecular flexibility index (Phi) is 4.40. The first-order valence-corrected chi connectivity index (χ1v) is 8.96. The van der Waals surface area contributed by atoms with E-state index in [0.29, 0.717) is 19.1 Å². The molecule has 5 nitrogen and oxygen atoms in total. The Bertz CT molecular complexity index is 769. The zero-order valence-electron chi connectivity index (χ0n) is 14.3. The van der Waals surface area contributed by atoms with Crippen LogP contribution in [0.1, 0.15) is 28.0 Å². The van der Waals surface area contributed by atoms with Crippen LogP contribution in [0.3, 0.4) is 0 Å². The van der Waals surface area contributed by atoms with Crippen molar-refractivity contribution in [2.24, 2.45) is 0 Å². The van der Waals surface area contributed by atoms with Crippen molar-refractivity contribution in [3.63, 3.8) is 0 Å². The Morgan fingerprint density at radius 3 is 2.56 bits per heavy atom. The summed E-state index contributed by atoms with van der Waals surface area (Å²) in [6.45, 7) is 3.14. The first kappa shape index (κ1) is 16.1. The smallest absolute Gasteiger partial charge is 0.276 e. The first-order chi connectivity index (χ1) is 12.2. The van der Waals surface area contributed by atoms with Crippen LogP contribution in [0.2, 0.25) is 0 Å². The number of aromatic nitrogens is 1. The van der Waals surface area contributed by atoms with Crippen molar-refractivity contribution in [1.29, 1.82) is 0 Å². The van der Waals surface area contributed by atoms with Crippen LogP contribution < -0.4 is 0 Å². The van der Waals surface area contributed by atoms with Crippen LogP contribution in [0.4, 0.5) is 0 Å². The van der Waals surface area contributed by atoms with E-state index in [2.05, 4.69) is 34.1 Å². The molecule has 1 amide bonds. The molecule has 0 saturated carbocycles. The lowest BCUT2D eigenvalue weighted by molar-refractivity contribution is 0.0545. The largest absolute Gasteiger partial charge is 0.505 e. The zero-order chi connectivity index (χ0) is 17.2. The number of aromatic hydroxyl groups is 1. The molecule has 4 rings (SSSR count). The van der Waals surface area contributed by atoms with Gasteiger partial charge in [0.05, 0.1) is 0 Å². The molecule has 2 aromatic rings. The third-order valence-electron chi connectivity index (χ3n) is 5.43. The number of hydrogen-bond acceptors (Lipinski definition) is 4. The van der Waals surface area contributed by atoms with Crippen molar-refractivity contribution in [2.75, 3.05) is 26.2 Å². The summed E-state index contributed by atoms with van der Waals surface area (Å²) >= 11 is 0. The maximum Gasteiger partial charge on any atom is 0.276 e. The molecule has 1 fully saturated rings. The van der Waals surface area contributed by atoms with Gasteiger partial charge in [0.25, 0.3) is 5.91 Å². The Balaban J connectivity index is 1.38. The lowest BCUT2D eigenvalue weighted by Gasteiger charge is -2.41. The molecule has 1 aliphatic heterocycles. The van der Waals surface area contributed by atoms with Gasteiger partial charge in [-0.3, -0.25) is 9.69 Å². The maximum absolute atomic E-state index is 12.6. The normalized spacial score (nSPS) is 21.0. The molecule has 2 aliphatic rings. The molecule has 1 aromatic carbocycles. The van der Waals surface area contributed by atoms with Gasteiger partial charge in [0, 0.05) is 38.4 Å². The number of fused-ring (bicyclic) bond motifs is 1. The van der Waals surface area contributed by atoms with Gasteiger partial charge in [-0.25, -0.2) is 4.98 Å². The Morgan fingerprint density at radius 2 is 1.80 bits per heavy atom. The number of hydrogen-bond donors (Lipinski definition) is 1. The molecule has 25 heavy (non-hydrogen) atoms. The molecular weight excluding hydrogens is 314 g/mol. The summed E-state index contributed by atoms with van der Waals surface area (Å²) in [7, 11) is 0. The van der Waals surface area contributed by atoms with E-state index in [0.717, 1.165) is 25.9 Å². The minimum absolute atomic E-state index is 0.0428. The van der Waals surface area contributed by atoms with Crippen molar-refractivity contribution >= 4 is 5.91 Å². The van der Waals surface area contributed by atoms with Crippen molar-refractivity contribution in [1.82, 2.24) is 14.8 Å². The van der Waals surface area contributed by atoms with Gasteiger partial charge in [-0.15, -0.1) is 0 Å². The summed E-state index contributed by atoms with van der Waals surface area (Å²) in [5.41, 5.74) is 3.11. The van der Waals surface area contributed by atoms with Crippen LogP contribution in [0.15, 0.2) is 42.6 Å². The zero-order valence-corrected chi connectivity index (χ0v) is 14.3. The average Bonchev–Trinajstić information content (AvgIpc) is 2.67. The van der Waals surface area contributed by atoms with Crippen molar-refractivity contribution in [2.45, 2.75) is 25.3 Å². The highest BCUT2D eigenvalue weighted by atomic mass is 16.3.